The normalized spacial score (nSPS) is 10.6. The molecular formula is C11H19ClN4O2. The van der Waals surface area contributed by atoms with Crippen LogP contribution in [0.3, 0.4) is 0 Å². The van der Waals surface area contributed by atoms with Crippen LogP contribution in [0.15, 0.2) is 6.33 Å². The van der Waals surface area contributed by atoms with Gasteiger partial charge in [0, 0.05) is 20.3 Å². The Morgan fingerprint density at radius 1 is 1.28 bits per heavy atom. The quantitative estimate of drug-likeness (QED) is 0.665. The molecule has 0 aliphatic heterocycles. The minimum atomic E-state index is 0.289. The van der Waals surface area contributed by atoms with Crippen LogP contribution >= 0.6 is 11.6 Å². The summed E-state index contributed by atoms with van der Waals surface area (Å²) in [5.41, 5.74) is 5.56. The molecule has 0 aliphatic carbocycles. The number of ether oxygens (including phenoxy) is 2. The third-order valence-corrected chi connectivity index (χ3v) is 2.63. The molecule has 0 saturated carbocycles. The van der Waals surface area contributed by atoms with Gasteiger partial charge in [-0.2, -0.15) is 0 Å². The van der Waals surface area contributed by atoms with Gasteiger partial charge in [-0.05, 0) is 12.8 Å². The molecule has 0 unspecified atom stereocenters. The number of unbranched alkanes of at least 4 members (excludes halogenated alkanes) is 1. The zero-order valence-corrected chi connectivity index (χ0v) is 11.2. The van der Waals surface area contributed by atoms with Crippen LogP contribution in [0, 0.1) is 0 Å². The van der Waals surface area contributed by atoms with Gasteiger partial charge in [0.1, 0.15) is 23.0 Å². The summed E-state index contributed by atoms with van der Waals surface area (Å²) in [5.74, 6) is 0.863. The van der Waals surface area contributed by atoms with Crippen molar-refractivity contribution >= 4 is 23.2 Å². The molecule has 0 atom stereocenters. The molecule has 1 heterocycles. The van der Waals surface area contributed by atoms with Gasteiger partial charge in [-0.1, -0.05) is 11.6 Å². The number of nitrogens with one attached hydrogen (secondary N) is 1. The SMILES string of the molecule is COCCOCCCCNc1ncnc(N)c1Cl. The van der Waals surface area contributed by atoms with Crippen molar-refractivity contribution in [3.05, 3.63) is 11.3 Å². The van der Waals surface area contributed by atoms with E-state index in [1.807, 2.05) is 0 Å². The Bertz CT molecular complexity index is 352. The van der Waals surface area contributed by atoms with Crippen molar-refractivity contribution in [1.82, 2.24) is 9.97 Å². The van der Waals surface area contributed by atoms with Crippen LogP contribution < -0.4 is 11.1 Å². The van der Waals surface area contributed by atoms with E-state index in [1.54, 1.807) is 7.11 Å². The van der Waals surface area contributed by atoms with Gasteiger partial charge in [-0.25, -0.2) is 9.97 Å². The lowest BCUT2D eigenvalue weighted by Gasteiger charge is -2.08. The van der Waals surface area contributed by atoms with Crippen LogP contribution in [-0.2, 0) is 9.47 Å². The van der Waals surface area contributed by atoms with E-state index in [4.69, 9.17) is 26.8 Å². The summed E-state index contributed by atoms with van der Waals surface area (Å²) < 4.78 is 10.2. The molecule has 0 spiro atoms. The summed E-state index contributed by atoms with van der Waals surface area (Å²) in [6.45, 7) is 2.76. The predicted molar refractivity (Wildman–Crippen MR) is 71.9 cm³/mol. The van der Waals surface area contributed by atoms with Crippen molar-refractivity contribution in [3.63, 3.8) is 0 Å². The lowest BCUT2D eigenvalue weighted by Crippen LogP contribution is -2.08. The Labute approximate surface area is 112 Å². The molecule has 0 radical (unpaired) electrons. The largest absolute Gasteiger partial charge is 0.382 e. The maximum atomic E-state index is 5.94. The highest BCUT2D eigenvalue weighted by Crippen LogP contribution is 2.22. The van der Waals surface area contributed by atoms with Crippen molar-refractivity contribution in [2.24, 2.45) is 0 Å². The topological polar surface area (TPSA) is 82.3 Å². The highest BCUT2D eigenvalue weighted by molar-refractivity contribution is 6.35. The van der Waals surface area contributed by atoms with Crippen LogP contribution in [0.4, 0.5) is 11.6 Å². The number of aromatic nitrogens is 2. The van der Waals surface area contributed by atoms with Crippen LogP contribution in [-0.4, -0.2) is 43.4 Å². The Morgan fingerprint density at radius 2 is 2.11 bits per heavy atom. The molecule has 0 aliphatic rings. The van der Waals surface area contributed by atoms with Crippen molar-refractivity contribution in [2.45, 2.75) is 12.8 Å². The van der Waals surface area contributed by atoms with Crippen LogP contribution in [0.25, 0.3) is 0 Å². The highest BCUT2D eigenvalue weighted by Gasteiger charge is 2.04. The number of nitrogens with zero attached hydrogens (tertiary/aromatic N) is 2. The van der Waals surface area contributed by atoms with E-state index in [9.17, 15) is 0 Å². The third kappa shape index (κ3) is 5.48. The number of hydrogen-bond acceptors (Lipinski definition) is 6. The second-order valence-corrected chi connectivity index (χ2v) is 4.04. The molecule has 0 fully saturated rings. The van der Waals surface area contributed by atoms with Gasteiger partial charge in [0.25, 0.3) is 0 Å². The van der Waals surface area contributed by atoms with Crippen LogP contribution in [0.5, 0.6) is 0 Å². The minimum absolute atomic E-state index is 0.289. The zero-order valence-electron chi connectivity index (χ0n) is 10.5. The first-order valence-corrected chi connectivity index (χ1v) is 6.20. The molecule has 7 heteroatoms. The second kappa shape index (κ2) is 8.91. The standard InChI is InChI=1S/C11H19ClN4O2/c1-17-6-7-18-5-3-2-4-14-11-9(12)10(13)15-8-16-11/h8H,2-7H2,1H3,(H3,13,14,15,16). The van der Waals surface area contributed by atoms with Gasteiger partial charge in [-0.3, -0.25) is 0 Å². The highest BCUT2D eigenvalue weighted by atomic mass is 35.5. The molecule has 1 aromatic rings. The monoisotopic (exact) mass is 274 g/mol. The fourth-order valence-corrected chi connectivity index (χ4v) is 1.45. The van der Waals surface area contributed by atoms with Gasteiger partial charge in [0.05, 0.1) is 13.2 Å². The van der Waals surface area contributed by atoms with Crippen molar-refractivity contribution in [2.75, 3.05) is 44.5 Å². The third-order valence-electron chi connectivity index (χ3n) is 2.26. The molecule has 0 saturated heterocycles. The molecule has 18 heavy (non-hydrogen) atoms. The molecule has 6 nitrogen and oxygen atoms in total. The summed E-state index contributed by atoms with van der Waals surface area (Å²) in [6.07, 6.45) is 3.32. The molecule has 3 N–H and O–H groups in total. The molecule has 0 aromatic carbocycles. The summed E-state index contributed by atoms with van der Waals surface area (Å²) in [6, 6.07) is 0. The van der Waals surface area contributed by atoms with E-state index < -0.39 is 0 Å². The maximum Gasteiger partial charge on any atom is 0.150 e. The van der Waals surface area contributed by atoms with Gasteiger partial charge in [-0.15, -0.1) is 0 Å². The molecule has 0 amide bonds. The predicted octanol–water partition coefficient (Wildman–Crippen LogP) is 1.57. The maximum absolute atomic E-state index is 5.94. The second-order valence-electron chi connectivity index (χ2n) is 3.66. The Kier molecular flexibility index (Phi) is 7.40. The lowest BCUT2D eigenvalue weighted by molar-refractivity contribution is 0.0691. The van der Waals surface area contributed by atoms with Crippen LogP contribution in [0.1, 0.15) is 12.8 Å². The van der Waals surface area contributed by atoms with Crippen LogP contribution in [0.2, 0.25) is 5.02 Å². The summed E-state index contributed by atoms with van der Waals surface area (Å²) in [4.78, 5) is 7.80. The first-order chi connectivity index (χ1) is 8.75. The van der Waals surface area contributed by atoms with E-state index in [0.717, 1.165) is 26.0 Å². The number of halogens is 1. The fourth-order valence-electron chi connectivity index (χ4n) is 1.29. The number of rotatable bonds is 9. The Morgan fingerprint density at radius 3 is 2.89 bits per heavy atom. The summed E-state index contributed by atoms with van der Waals surface area (Å²) in [7, 11) is 1.66. The fraction of sp³-hybridized carbons (Fsp3) is 0.636. The van der Waals surface area contributed by atoms with E-state index in [2.05, 4.69) is 15.3 Å². The van der Waals surface area contributed by atoms with Crippen molar-refractivity contribution < 1.29 is 9.47 Å². The van der Waals surface area contributed by atoms with Gasteiger partial charge in [0.2, 0.25) is 0 Å². The molecule has 1 rings (SSSR count). The number of hydrogen-bond donors (Lipinski definition) is 2. The van der Waals surface area contributed by atoms with E-state index in [-0.39, 0.29) is 5.82 Å². The number of methoxy groups -OCH3 is 1. The number of anilines is 2. The number of nitrogens with two attached hydrogens (primary N) is 1. The Hall–Kier alpha value is -1.11. The van der Waals surface area contributed by atoms with Gasteiger partial charge in [0.15, 0.2) is 0 Å². The number of nitrogen functional groups attached to an aromatic ring is 1. The van der Waals surface area contributed by atoms with Crippen molar-refractivity contribution in [3.8, 4) is 0 Å². The average molecular weight is 275 g/mol. The van der Waals surface area contributed by atoms with E-state index in [1.165, 1.54) is 6.33 Å². The molecule has 1 aromatic heterocycles. The first-order valence-electron chi connectivity index (χ1n) is 5.82. The lowest BCUT2D eigenvalue weighted by atomic mass is 10.3. The summed E-state index contributed by atoms with van der Waals surface area (Å²) in [5, 5.41) is 3.48. The van der Waals surface area contributed by atoms with E-state index in [0.29, 0.717) is 24.1 Å². The van der Waals surface area contributed by atoms with E-state index >= 15 is 0 Å². The summed E-state index contributed by atoms with van der Waals surface area (Å²) >= 11 is 5.94. The average Bonchev–Trinajstić information content (AvgIpc) is 2.37. The van der Waals surface area contributed by atoms with Gasteiger partial charge < -0.3 is 20.5 Å². The molecular weight excluding hydrogens is 256 g/mol. The molecule has 0 bridgehead atoms. The first kappa shape index (κ1) is 14.9. The minimum Gasteiger partial charge on any atom is -0.382 e. The van der Waals surface area contributed by atoms with Crippen molar-refractivity contribution in [1.29, 1.82) is 0 Å². The van der Waals surface area contributed by atoms with Gasteiger partial charge >= 0.3 is 0 Å². The zero-order chi connectivity index (χ0) is 13.2. The molecule has 102 valence electrons. The Balaban J connectivity index is 2.09. The smallest absolute Gasteiger partial charge is 0.150 e.